The zero-order valence-electron chi connectivity index (χ0n) is 16.0. The fourth-order valence-electron chi connectivity index (χ4n) is 6.09. The van der Waals surface area contributed by atoms with Crippen LogP contribution in [0.5, 0.6) is 0 Å². The number of benzene rings is 1. The zero-order chi connectivity index (χ0) is 17.6. The lowest BCUT2D eigenvalue weighted by Crippen LogP contribution is -2.49. The van der Waals surface area contributed by atoms with Gasteiger partial charge in [-0.1, -0.05) is 26.0 Å². The summed E-state index contributed by atoms with van der Waals surface area (Å²) in [5.74, 6) is 2.41. The second kappa shape index (κ2) is 6.83. The first kappa shape index (κ1) is 17.2. The summed E-state index contributed by atoms with van der Waals surface area (Å²) in [4.78, 5) is 2.94. The van der Waals surface area contributed by atoms with Crippen molar-refractivity contribution in [1.29, 1.82) is 0 Å². The molecule has 3 nitrogen and oxygen atoms in total. The molecule has 1 unspecified atom stereocenters. The standard InChI is InChI=1S/C22H35N3/c1-14(2)15-6-8-17(9-7-15)25-18-10-11-19(25)13-16(12-18)20-4-3-5-21(23)22(20)24/h3-5,14-19H,6-13,23-24H2,1-2H3/t15?,16?,17?,18-,19+. The van der Waals surface area contributed by atoms with E-state index in [1.165, 1.54) is 56.9 Å². The maximum atomic E-state index is 6.31. The summed E-state index contributed by atoms with van der Waals surface area (Å²) >= 11 is 0. The number of fused-ring (bicyclic) bond motifs is 2. The molecule has 1 aromatic carbocycles. The first-order valence-electron chi connectivity index (χ1n) is 10.5. The van der Waals surface area contributed by atoms with Crippen molar-refractivity contribution in [2.45, 2.75) is 89.3 Å². The molecule has 4 rings (SSSR count). The third-order valence-corrected chi connectivity index (χ3v) is 7.51. The van der Waals surface area contributed by atoms with Crippen LogP contribution >= 0.6 is 0 Å². The molecule has 1 aliphatic carbocycles. The van der Waals surface area contributed by atoms with Gasteiger partial charge in [0.1, 0.15) is 0 Å². The van der Waals surface area contributed by atoms with Gasteiger partial charge >= 0.3 is 0 Å². The minimum Gasteiger partial charge on any atom is -0.397 e. The van der Waals surface area contributed by atoms with Gasteiger partial charge in [-0.15, -0.1) is 0 Å². The Morgan fingerprint density at radius 1 is 0.880 bits per heavy atom. The molecular formula is C22H35N3. The molecule has 3 heteroatoms. The Labute approximate surface area is 153 Å². The van der Waals surface area contributed by atoms with Gasteiger partial charge in [-0.05, 0) is 80.8 Å². The van der Waals surface area contributed by atoms with Gasteiger partial charge in [0.25, 0.3) is 0 Å². The van der Waals surface area contributed by atoms with Crippen LogP contribution in [0.4, 0.5) is 11.4 Å². The highest BCUT2D eigenvalue weighted by Gasteiger charge is 2.45. The number of rotatable bonds is 3. The quantitative estimate of drug-likeness (QED) is 0.778. The van der Waals surface area contributed by atoms with E-state index in [1.54, 1.807) is 0 Å². The van der Waals surface area contributed by atoms with E-state index in [9.17, 15) is 0 Å². The van der Waals surface area contributed by atoms with Crippen molar-refractivity contribution in [3.05, 3.63) is 23.8 Å². The number of nitrogens with zero attached hydrogens (tertiary/aromatic N) is 1. The molecule has 3 fully saturated rings. The van der Waals surface area contributed by atoms with Crippen molar-refractivity contribution < 1.29 is 0 Å². The minimum absolute atomic E-state index is 0.601. The van der Waals surface area contributed by atoms with Gasteiger partial charge in [-0.3, -0.25) is 4.90 Å². The molecule has 25 heavy (non-hydrogen) atoms. The number of nitrogens with two attached hydrogens (primary N) is 2. The predicted molar refractivity (Wildman–Crippen MR) is 106 cm³/mol. The Morgan fingerprint density at radius 2 is 1.48 bits per heavy atom. The lowest BCUT2D eigenvalue weighted by molar-refractivity contribution is 0.0433. The van der Waals surface area contributed by atoms with Crippen molar-refractivity contribution in [2.75, 3.05) is 11.5 Å². The molecule has 4 N–H and O–H groups in total. The molecule has 0 aromatic heterocycles. The van der Waals surface area contributed by atoms with E-state index in [1.807, 2.05) is 6.07 Å². The second-order valence-electron chi connectivity index (χ2n) is 9.16. The zero-order valence-corrected chi connectivity index (χ0v) is 16.0. The normalized spacial score (nSPS) is 36.0. The number of para-hydroxylation sites is 1. The number of piperidine rings is 1. The average molecular weight is 342 g/mol. The van der Waals surface area contributed by atoms with Gasteiger partial charge in [-0.2, -0.15) is 0 Å². The molecular weight excluding hydrogens is 306 g/mol. The highest BCUT2D eigenvalue weighted by Crippen LogP contribution is 2.48. The van der Waals surface area contributed by atoms with Crippen LogP contribution in [0.25, 0.3) is 0 Å². The third-order valence-electron chi connectivity index (χ3n) is 7.51. The summed E-state index contributed by atoms with van der Waals surface area (Å²) in [6, 6.07) is 8.58. The maximum absolute atomic E-state index is 6.31. The Balaban J connectivity index is 1.45. The number of anilines is 2. The summed E-state index contributed by atoms with van der Waals surface area (Å²) in [5.41, 5.74) is 15.3. The van der Waals surface area contributed by atoms with E-state index in [0.29, 0.717) is 5.92 Å². The van der Waals surface area contributed by atoms with E-state index >= 15 is 0 Å². The Morgan fingerprint density at radius 3 is 2.08 bits per heavy atom. The smallest absolute Gasteiger partial charge is 0.0583 e. The van der Waals surface area contributed by atoms with E-state index in [2.05, 4.69) is 30.9 Å². The van der Waals surface area contributed by atoms with Gasteiger partial charge in [0.15, 0.2) is 0 Å². The van der Waals surface area contributed by atoms with Crippen LogP contribution in [0.2, 0.25) is 0 Å². The SMILES string of the molecule is CC(C)C1CCC(N2[C@@H]3CC[C@H]2CC(c2cccc(N)c2N)C3)CC1. The van der Waals surface area contributed by atoms with Crippen LogP contribution in [-0.4, -0.2) is 23.0 Å². The molecule has 2 saturated heterocycles. The van der Waals surface area contributed by atoms with Gasteiger partial charge < -0.3 is 11.5 Å². The lowest BCUT2D eigenvalue weighted by atomic mass is 9.77. The molecule has 1 aromatic rings. The van der Waals surface area contributed by atoms with Crippen LogP contribution in [0.1, 0.15) is 76.7 Å². The first-order chi connectivity index (χ1) is 12.0. The summed E-state index contributed by atoms with van der Waals surface area (Å²) in [5, 5.41) is 0. The fourth-order valence-corrected chi connectivity index (χ4v) is 6.09. The van der Waals surface area contributed by atoms with Crippen LogP contribution in [0.15, 0.2) is 18.2 Å². The van der Waals surface area contributed by atoms with E-state index < -0.39 is 0 Å². The second-order valence-corrected chi connectivity index (χ2v) is 9.16. The van der Waals surface area contributed by atoms with Gasteiger partial charge in [0, 0.05) is 18.1 Å². The largest absolute Gasteiger partial charge is 0.397 e. The molecule has 3 atom stereocenters. The Hall–Kier alpha value is -1.22. The molecule has 2 heterocycles. The van der Waals surface area contributed by atoms with Crippen molar-refractivity contribution in [3.8, 4) is 0 Å². The summed E-state index contributed by atoms with van der Waals surface area (Å²) < 4.78 is 0. The number of hydrogen-bond acceptors (Lipinski definition) is 3. The van der Waals surface area contributed by atoms with Crippen molar-refractivity contribution in [1.82, 2.24) is 4.90 Å². The van der Waals surface area contributed by atoms with Crippen LogP contribution < -0.4 is 11.5 Å². The van der Waals surface area contributed by atoms with Crippen molar-refractivity contribution in [3.63, 3.8) is 0 Å². The molecule has 1 saturated carbocycles. The minimum atomic E-state index is 0.601. The molecule has 0 spiro atoms. The Bertz CT molecular complexity index is 589. The van der Waals surface area contributed by atoms with E-state index in [4.69, 9.17) is 11.5 Å². The van der Waals surface area contributed by atoms with E-state index in [0.717, 1.165) is 41.3 Å². The molecule has 2 aliphatic heterocycles. The molecule has 0 radical (unpaired) electrons. The first-order valence-corrected chi connectivity index (χ1v) is 10.5. The van der Waals surface area contributed by atoms with Crippen molar-refractivity contribution >= 4 is 11.4 Å². The summed E-state index contributed by atoms with van der Waals surface area (Å²) in [7, 11) is 0. The molecule has 2 bridgehead atoms. The lowest BCUT2D eigenvalue weighted by Gasteiger charge is -2.46. The third kappa shape index (κ3) is 3.16. The molecule has 138 valence electrons. The number of hydrogen-bond donors (Lipinski definition) is 2. The van der Waals surface area contributed by atoms with Crippen LogP contribution in [0.3, 0.4) is 0 Å². The van der Waals surface area contributed by atoms with E-state index in [-0.39, 0.29) is 0 Å². The highest BCUT2D eigenvalue weighted by atomic mass is 15.2. The predicted octanol–water partition coefficient (Wildman–Crippen LogP) is 4.78. The van der Waals surface area contributed by atoms with Crippen molar-refractivity contribution in [2.24, 2.45) is 11.8 Å². The van der Waals surface area contributed by atoms with Gasteiger partial charge in [-0.25, -0.2) is 0 Å². The maximum Gasteiger partial charge on any atom is 0.0583 e. The fraction of sp³-hybridized carbons (Fsp3) is 0.727. The number of nitrogen functional groups attached to an aromatic ring is 2. The van der Waals surface area contributed by atoms with Gasteiger partial charge in [0.05, 0.1) is 11.4 Å². The molecule has 0 amide bonds. The molecule has 3 aliphatic rings. The summed E-state index contributed by atoms with van der Waals surface area (Å²) in [6.45, 7) is 4.80. The highest BCUT2D eigenvalue weighted by molar-refractivity contribution is 5.68. The topological polar surface area (TPSA) is 55.3 Å². The average Bonchev–Trinajstić information content (AvgIpc) is 2.87. The van der Waals surface area contributed by atoms with Gasteiger partial charge in [0.2, 0.25) is 0 Å². The summed E-state index contributed by atoms with van der Waals surface area (Å²) in [6.07, 6.45) is 11.0. The Kier molecular flexibility index (Phi) is 4.70. The van der Waals surface area contributed by atoms with Crippen LogP contribution in [0, 0.1) is 11.8 Å². The monoisotopic (exact) mass is 341 g/mol. The van der Waals surface area contributed by atoms with Crippen LogP contribution in [-0.2, 0) is 0 Å².